The number of methoxy groups -OCH3 is 2. The highest BCUT2D eigenvalue weighted by molar-refractivity contribution is 6.07. The number of hydrogen-bond donors (Lipinski definition) is 4. The Morgan fingerprint density at radius 2 is 1.86 bits per heavy atom. The molecule has 2 aromatic carbocycles. The number of fused-ring (bicyclic) bond motifs is 2. The first-order valence-corrected chi connectivity index (χ1v) is 8.66. The van der Waals surface area contributed by atoms with Crippen LogP contribution in [0.2, 0.25) is 0 Å². The number of ether oxygens (including phenoxy) is 2. The molecule has 9 heteroatoms. The van der Waals surface area contributed by atoms with Crippen LogP contribution in [0.5, 0.6) is 11.5 Å². The summed E-state index contributed by atoms with van der Waals surface area (Å²) >= 11 is 0. The van der Waals surface area contributed by atoms with Gasteiger partial charge < -0.3 is 34.3 Å². The molecule has 0 amide bonds. The molecule has 2 unspecified atom stereocenters. The van der Waals surface area contributed by atoms with Crippen molar-refractivity contribution in [3.63, 3.8) is 0 Å². The summed E-state index contributed by atoms with van der Waals surface area (Å²) in [4.78, 5) is 25.2. The first-order chi connectivity index (χ1) is 13.9. The number of rotatable bonds is 6. The zero-order valence-electron chi connectivity index (χ0n) is 15.7. The van der Waals surface area contributed by atoms with Gasteiger partial charge in [-0.3, -0.25) is 4.79 Å². The van der Waals surface area contributed by atoms with E-state index in [0.29, 0.717) is 0 Å². The van der Waals surface area contributed by atoms with E-state index in [4.69, 9.17) is 13.9 Å². The number of carbonyl (C=O) groups is 1. The Bertz CT molecular complexity index is 1130. The molecule has 2 atom stereocenters. The first kappa shape index (κ1) is 20.6. The van der Waals surface area contributed by atoms with Crippen molar-refractivity contribution in [3.8, 4) is 11.5 Å². The maximum atomic E-state index is 13.1. The van der Waals surface area contributed by atoms with E-state index in [1.54, 1.807) is 0 Å². The van der Waals surface area contributed by atoms with E-state index in [2.05, 4.69) is 0 Å². The Labute approximate surface area is 164 Å². The van der Waals surface area contributed by atoms with Gasteiger partial charge in [-0.15, -0.1) is 0 Å². The van der Waals surface area contributed by atoms with Crippen molar-refractivity contribution in [2.75, 3.05) is 27.4 Å². The van der Waals surface area contributed by atoms with Crippen molar-refractivity contribution >= 4 is 27.9 Å². The number of hydrogen-bond acceptors (Lipinski definition) is 9. The smallest absolute Gasteiger partial charge is 0.338 e. The van der Waals surface area contributed by atoms with E-state index in [1.807, 2.05) is 0 Å². The summed E-state index contributed by atoms with van der Waals surface area (Å²) in [5.74, 6) is -1.95. The van der Waals surface area contributed by atoms with Crippen LogP contribution in [-0.4, -0.2) is 59.9 Å². The number of phenols is 1. The number of esters is 1. The monoisotopic (exact) mass is 404 g/mol. The van der Waals surface area contributed by atoms with Gasteiger partial charge >= 0.3 is 5.97 Å². The standard InChI is InChI=1S/C20H20O9/c1-27-14-4-3-10(20(26)28-2)16-18(25)17-12(23)5-9(6-15(17)29-19(14)16)11(7-21)13(24)8-22/h3-6,11,13,21-24H,7-8H2,1-2H3. The lowest BCUT2D eigenvalue weighted by Gasteiger charge is -2.20. The van der Waals surface area contributed by atoms with Gasteiger partial charge in [0.25, 0.3) is 0 Å². The molecule has 0 spiro atoms. The third-order valence-corrected chi connectivity index (χ3v) is 4.79. The van der Waals surface area contributed by atoms with Crippen molar-refractivity contribution in [1.82, 2.24) is 0 Å². The number of benzene rings is 2. The van der Waals surface area contributed by atoms with Crippen LogP contribution in [0.3, 0.4) is 0 Å². The molecule has 0 aliphatic carbocycles. The molecule has 0 bridgehead atoms. The van der Waals surface area contributed by atoms with E-state index in [1.165, 1.54) is 38.5 Å². The first-order valence-electron chi connectivity index (χ1n) is 8.66. The Morgan fingerprint density at radius 3 is 2.45 bits per heavy atom. The molecule has 9 nitrogen and oxygen atoms in total. The van der Waals surface area contributed by atoms with Crippen molar-refractivity contribution in [2.45, 2.75) is 12.0 Å². The fraction of sp³-hybridized carbons (Fsp3) is 0.300. The average molecular weight is 404 g/mol. The molecule has 3 rings (SSSR count). The second kappa shape index (κ2) is 8.08. The molecule has 0 radical (unpaired) electrons. The molecule has 3 aromatic rings. The number of carbonyl (C=O) groups excluding carboxylic acids is 1. The molecular weight excluding hydrogens is 384 g/mol. The van der Waals surface area contributed by atoms with Crippen LogP contribution in [0.4, 0.5) is 0 Å². The highest BCUT2D eigenvalue weighted by atomic mass is 16.5. The molecular formula is C20H20O9. The lowest BCUT2D eigenvalue weighted by atomic mass is 9.93. The largest absolute Gasteiger partial charge is 0.507 e. The van der Waals surface area contributed by atoms with Gasteiger partial charge in [0.15, 0.2) is 11.3 Å². The maximum absolute atomic E-state index is 13.1. The second-order valence-corrected chi connectivity index (χ2v) is 6.39. The van der Waals surface area contributed by atoms with Crippen molar-refractivity contribution in [2.24, 2.45) is 0 Å². The molecule has 0 saturated heterocycles. The average Bonchev–Trinajstić information content (AvgIpc) is 2.72. The zero-order valence-corrected chi connectivity index (χ0v) is 15.7. The van der Waals surface area contributed by atoms with Gasteiger partial charge in [0, 0.05) is 5.92 Å². The van der Waals surface area contributed by atoms with Crippen LogP contribution >= 0.6 is 0 Å². The molecule has 1 aromatic heterocycles. The summed E-state index contributed by atoms with van der Waals surface area (Å²) in [5, 5.41) is 38.8. The van der Waals surface area contributed by atoms with Gasteiger partial charge in [-0.1, -0.05) is 0 Å². The Morgan fingerprint density at radius 1 is 1.14 bits per heavy atom. The summed E-state index contributed by atoms with van der Waals surface area (Å²) in [6.45, 7) is -1.12. The van der Waals surface area contributed by atoms with Crippen molar-refractivity contribution in [3.05, 3.63) is 45.6 Å². The number of aliphatic hydroxyl groups excluding tert-OH is 3. The van der Waals surface area contributed by atoms with Crippen LogP contribution in [0.1, 0.15) is 21.8 Å². The van der Waals surface area contributed by atoms with E-state index >= 15 is 0 Å². The Hall–Kier alpha value is -3.14. The topological polar surface area (TPSA) is 147 Å². The van der Waals surface area contributed by atoms with Crippen LogP contribution in [0.25, 0.3) is 21.9 Å². The summed E-state index contributed by atoms with van der Waals surface area (Å²) in [6.07, 6.45) is -1.29. The molecule has 0 fully saturated rings. The van der Waals surface area contributed by atoms with E-state index in [-0.39, 0.29) is 38.8 Å². The Balaban J connectivity index is 2.41. The van der Waals surface area contributed by atoms with Gasteiger partial charge in [-0.2, -0.15) is 0 Å². The fourth-order valence-corrected chi connectivity index (χ4v) is 3.29. The quantitative estimate of drug-likeness (QED) is 0.347. The fourth-order valence-electron chi connectivity index (χ4n) is 3.29. The predicted molar refractivity (Wildman–Crippen MR) is 102 cm³/mol. The number of phenolic OH excluding ortho intramolecular Hbond substituents is 1. The molecule has 4 N–H and O–H groups in total. The molecule has 0 aliphatic heterocycles. The van der Waals surface area contributed by atoms with Gasteiger partial charge in [0.2, 0.25) is 5.43 Å². The minimum Gasteiger partial charge on any atom is -0.507 e. The maximum Gasteiger partial charge on any atom is 0.338 e. The minimum atomic E-state index is -1.29. The van der Waals surface area contributed by atoms with Gasteiger partial charge in [0.1, 0.15) is 16.7 Å². The van der Waals surface area contributed by atoms with Crippen molar-refractivity contribution < 1.29 is 39.1 Å². The van der Waals surface area contributed by atoms with Gasteiger partial charge in [0.05, 0.1) is 44.5 Å². The minimum absolute atomic E-state index is 0.0206. The van der Waals surface area contributed by atoms with Gasteiger partial charge in [-0.25, -0.2) is 4.79 Å². The summed E-state index contributed by atoms with van der Waals surface area (Å²) in [5.41, 5.74) is -0.530. The molecule has 154 valence electrons. The Kier molecular flexibility index (Phi) is 5.73. The van der Waals surface area contributed by atoms with Crippen LogP contribution in [-0.2, 0) is 4.74 Å². The van der Waals surface area contributed by atoms with E-state index in [9.17, 15) is 30.0 Å². The van der Waals surface area contributed by atoms with Crippen LogP contribution in [0.15, 0.2) is 33.5 Å². The lowest BCUT2D eigenvalue weighted by molar-refractivity contribution is 0.0526. The number of aromatic hydroxyl groups is 1. The van der Waals surface area contributed by atoms with Crippen molar-refractivity contribution in [1.29, 1.82) is 0 Å². The predicted octanol–water partition coefficient (Wildman–Crippen LogP) is 0.876. The molecule has 29 heavy (non-hydrogen) atoms. The third kappa shape index (κ3) is 3.39. The lowest BCUT2D eigenvalue weighted by Crippen LogP contribution is -2.25. The molecule has 1 heterocycles. The SMILES string of the molecule is COC(=O)c1ccc(OC)c2oc3cc(C(CO)C(O)CO)cc(O)c3c(=O)c12. The number of aliphatic hydroxyl groups is 3. The molecule has 0 aliphatic rings. The van der Waals surface area contributed by atoms with Crippen LogP contribution in [0, 0.1) is 0 Å². The zero-order chi connectivity index (χ0) is 21.3. The highest BCUT2D eigenvalue weighted by Crippen LogP contribution is 2.35. The summed E-state index contributed by atoms with van der Waals surface area (Å²) < 4.78 is 15.7. The van der Waals surface area contributed by atoms with E-state index < -0.39 is 42.4 Å². The van der Waals surface area contributed by atoms with Gasteiger partial charge in [-0.05, 0) is 29.8 Å². The third-order valence-electron chi connectivity index (χ3n) is 4.79. The van der Waals surface area contributed by atoms with Crippen LogP contribution < -0.4 is 10.2 Å². The van der Waals surface area contributed by atoms with E-state index in [0.717, 1.165) is 0 Å². The molecule has 0 saturated carbocycles. The second-order valence-electron chi connectivity index (χ2n) is 6.39. The summed E-state index contributed by atoms with van der Waals surface area (Å²) in [7, 11) is 2.54. The summed E-state index contributed by atoms with van der Waals surface area (Å²) in [6, 6.07) is 5.38. The normalized spacial score (nSPS) is 13.4. The highest BCUT2D eigenvalue weighted by Gasteiger charge is 2.25.